The minimum atomic E-state index is -0.327. The molecule has 3 aromatic carbocycles. The summed E-state index contributed by atoms with van der Waals surface area (Å²) < 4.78 is 0. The molecule has 1 N–H and O–H groups in total. The normalized spacial score (nSPS) is 16.9. The number of amides is 1. The number of hydrogen-bond acceptors (Lipinski definition) is 1. The molecule has 0 saturated heterocycles. The Morgan fingerprint density at radius 1 is 0.800 bits per heavy atom. The third-order valence-electron chi connectivity index (χ3n) is 7.71. The van der Waals surface area contributed by atoms with Crippen LogP contribution in [-0.2, 0) is 26.5 Å². The number of hydrogen-bond donors (Lipinski definition) is 0. The zero-order valence-electron chi connectivity index (χ0n) is 24.7. The first kappa shape index (κ1) is 43.4. The molecule has 2 nitrogen and oxygen atoms in total. The predicted molar refractivity (Wildman–Crippen MR) is 165 cm³/mol. The maximum Gasteiger partial charge on any atom is 2.00 e. The summed E-state index contributed by atoms with van der Waals surface area (Å²) in [6, 6.07) is 18.5. The van der Waals surface area contributed by atoms with Crippen molar-refractivity contribution in [1.82, 2.24) is 0 Å². The summed E-state index contributed by atoms with van der Waals surface area (Å²) in [5.41, 5.74) is 11.5. The van der Waals surface area contributed by atoms with Crippen LogP contribution in [0.3, 0.4) is 0 Å². The molecule has 40 heavy (non-hydrogen) atoms. The molecular weight excluding hydrogens is 585 g/mol. The van der Waals surface area contributed by atoms with Gasteiger partial charge in [0.15, 0.2) is 0 Å². The molecule has 1 saturated carbocycles. The Kier molecular flexibility index (Phi) is 23.4. The first-order valence-electron chi connectivity index (χ1n) is 13.4. The second-order valence-electron chi connectivity index (χ2n) is 10.3. The fourth-order valence-corrected chi connectivity index (χ4v) is 5.94. The van der Waals surface area contributed by atoms with Gasteiger partial charge in [-0.1, -0.05) is 112 Å². The van der Waals surface area contributed by atoms with E-state index < -0.39 is 0 Å². The number of nitrogens with one attached hydrogen (secondary N) is 1. The third-order valence-corrected chi connectivity index (χ3v) is 7.71. The quantitative estimate of drug-likeness (QED) is 0.225. The molecule has 5 rings (SSSR count). The van der Waals surface area contributed by atoms with Crippen molar-refractivity contribution in [2.75, 3.05) is 0 Å². The summed E-state index contributed by atoms with van der Waals surface area (Å²) in [5.74, 6) is 0.206. The molecule has 2 aliphatic rings. The van der Waals surface area contributed by atoms with Crippen LogP contribution in [0.4, 0.5) is 0 Å². The van der Waals surface area contributed by atoms with Gasteiger partial charge in [-0.2, -0.15) is 0 Å². The first-order chi connectivity index (χ1) is 16.6. The van der Waals surface area contributed by atoms with Gasteiger partial charge < -0.3 is 50.2 Å². The Hall–Kier alpha value is -1.10. The van der Waals surface area contributed by atoms with Gasteiger partial charge in [-0.25, -0.2) is 0 Å². The summed E-state index contributed by atoms with van der Waals surface area (Å²) in [5, 5.41) is 5.33. The predicted octanol–water partition coefficient (Wildman–Crippen LogP) is 4.32. The van der Waals surface area contributed by atoms with E-state index in [4.69, 9.17) is 5.73 Å². The van der Waals surface area contributed by atoms with Crippen LogP contribution in [-0.4, -0.2) is 16.9 Å². The van der Waals surface area contributed by atoms with Crippen molar-refractivity contribution in [3.63, 3.8) is 0 Å². The van der Waals surface area contributed by atoms with Crippen LogP contribution in [0.25, 0.3) is 32.9 Å². The Bertz CT molecular complexity index is 1170. The summed E-state index contributed by atoms with van der Waals surface area (Å²) in [6.07, 6.45) is 15.8. The topological polar surface area (TPSA) is 40.9 Å². The number of rotatable bonds is 1. The maximum absolute atomic E-state index is 11.1. The summed E-state index contributed by atoms with van der Waals surface area (Å²) in [6.45, 7) is 4.51. The molecule has 0 bridgehead atoms. The fourth-order valence-electron chi connectivity index (χ4n) is 5.94. The van der Waals surface area contributed by atoms with Crippen molar-refractivity contribution in [3.8, 4) is 0 Å². The van der Waals surface area contributed by atoms with Gasteiger partial charge in [-0.3, -0.25) is 0 Å². The van der Waals surface area contributed by atoms with Gasteiger partial charge in [-0.15, -0.1) is 40.6 Å². The number of carbonyl (C=O) groups excluding carboxylic acids is 1. The molecule has 1 amide bonds. The van der Waals surface area contributed by atoms with Gasteiger partial charge in [0.25, 0.3) is 0 Å². The van der Waals surface area contributed by atoms with E-state index in [2.05, 4.69) is 62.4 Å². The van der Waals surface area contributed by atoms with E-state index in [1.165, 1.54) is 83.2 Å². The second-order valence-corrected chi connectivity index (χ2v) is 10.3. The third kappa shape index (κ3) is 10.6. The van der Waals surface area contributed by atoms with Gasteiger partial charge in [-0.05, 0) is 31.1 Å². The van der Waals surface area contributed by atoms with Crippen molar-refractivity contribution in [1.29, 1.82) is 0 Å². The van der Waals surface area contributed by atoms with Crippen LogP contribution in [0.2, 0.25) is 0 Å². The molecule has 1 fully saturated rings. The van der Waals surface area contributed by atoms with Gasteiger partial charge in [0.1, 0.15) is 0 Å². The summed E-state index contributed by atoms with van der Waals surface area (Å²) in [7, 11) is 0. The first-order valence-corrected chi connectivity index (χ1v) is 13.4. The largest absolute Gasteiger partial charge is 2.00 e. The van der Waals surface area contributed by atoms with E-state index in [9.17, 15) is 4.79 Å². The Labute approximate surface area is 276 Å². The smallest absolute Gasteiger partial charge is 1.00 e. The molecule has 0 aromatic heterocycles. The van der Waals surface area contributed by atoms with Gasteiger partial charge in [0.05, 0.1) is 5.91 Å². The molecular formula is C34H45Cl2NOSiTi-4. The Morgan fingerprint density at radius 2 is 1.27 bits per heavy atom. The zero-order chi connectivity index (χ0) is 23.9. The van der Waals surface area contributed by atoms with E-state index in [1.807, 2.05) is 6.07 Å². The van der Waals surface area contributed by atoms with Crippen molar-refractivity contribution < 1.29 is 51.3 Å². The van der Waals surface area contributed by atoms with E-state index in [0.717, 1.165) is 25.7 Å². The van der Waals surface area contributed by atoms with Crippen molar-refractivity contribution in [3.05, 3.63) is 86.3 Å². The van der Waals surface area contributed by atoms with Crippen LogP contribution in [0.1, 0.15) is 102 Å². The monoisotopic (exact) mass is 629 g/mol. The van der Waals surface area contributed by atoms with Gasteiger partial charge in [0, 0.05) is 16.9 Å². The van der Waals surface area contributed by atoms with E-state index in [1.54, 1.807) is 0 Å². The standard InChI is InChI=1S/C19H15.C13H25NO.2CH3.2ClH.Si.Ti/c1-12-11-13(2)19-17-10-6-4-8-15(17)14-7-3-5-9-16(14)18(12)19;14-13(15)12-10-8-6-4-2-1-3-5-7-9-11-12;;;;;;/h3-9,11,13H,1-2H3;12H,1-11H2,(H2,14,15);2*1H3;2*1H;;/q-1;;2*-1;;;;+2/p-3. The molecule has 1 unspecified atom stereocenters. The number of benzene rings is 3. The Balaban J connectivity index is -0.000000610. The molecule has 6 heteroatoms. The molecule has 0 heterocycles. The minimum absolute atomic E-state index is 0. The molecule has 0 spiro atoms. The van der Waals surface area contributed by atoms with Crippen molar-refractivity contribution >= 4 is 44.0 Å². The van der Waals surface area contributed by atoms with Crippen LogP contribution in [0.15, 0.2) is 48.5 Å². The van der Waals surface area contributed by atoms with Crippen LogP contribution in [0, 0.1) is 26.8 Å². The molecule has 2 aliphatic carbocycles. The average Bonchev–Trinajstić information content (AvgIpc) is 3.14. The average molecular weight is 631 g/mol. The molecule has 0 aliphatic heterocycles. The molecule has 1 atom stereocenters. The molecule has 4 radical (unpaired) electrons. The second kappa shape index (κ2) is 21.6. The van der Waals surface area contributed by atoms with E-state index >= 15 is 0 Å². The van der Waals surface area contributed by atoms with E-state index in [-0.39, 0.29) is 84.2 Å². The Morgan fingerprint density at radius 3 is 1.80 bits per heavy atom. The summed E-state index contributed by atoms with van der Waals surface area (Å²) in [4.78, 5) is 11.1. The SMILES string of the molecule is CC1=CC(C)c2c1c1ccccc1c1ccc[c-]c21.[CH3-].[CH3-].[Cl-].[Cl-].[NH-]C(=O)C1CCCCCCCCCCC1.[Si].[Ti+2]. The number of halogens is 2. The maximum atomic E-state index is 11.1. The van der Waals surface area contributed by atoms with Crippen molar-refractivity contribution in [2.45, 2.75) is 90.4 Å². The van der Waals surface area contributed by atoms with Crippen LogP contribution in [0.5, 0.6) is 0 Å². The number of fused-ring (bicyclic) bond motifs is 6. The fraction of sp³-hybridized carbons (Fsp3) is 0.441. The van der Waals surface area contributed by atoms with Crippen LogP contribution >= 0.6 is 0 Å². The molecule has 218 valence electrons. The number of allylic oxidation sites excluding steroid dienone is 2. The van der Waals surface area contributed by atoms with Crippen LogP contribution < -0.4 is 24.8 Å². The van der Waals surface area contributed by atoms with Gasteiger partial charge >= 0.3 is 21.7 Å². The summed E-state index contributed by atoms with van der Waals surface area (Å²) >= 11 is 0. The molecule has 3 aromatic rings. The van der Waals surface area contributed by atoms with Crippen molar-refractivity contribution in [2.24, 2.45) is 5.92 Å². The zero-order valence-corrected chi connectivity index (χ0v) is 28.8. The van der Waals surface area contributed by atoms with E-state index in [0.29, 0.717) is 5.92 Å². The minimum Gasteiger partial charge on any atom is -1.00 e. The number of carbonyl (C=O) groups is 1. The van der Waals surface area contributed by atoms with Gasteiger partial charge in [0.2, 0.25) is 0 Å².